The first-order valence-electron chi connectivity index (χ1n) is 5.89. The van der Waals surface area contributed by atoms with Crippen LogP contribution in [-0.2, 0) is 0 Å². The lowest BCUT2D eigenvalue weighted by atomic mass is 10.1. The average Bonchev–Trinajstić information content (AvgIpc) is 2.78. The second-order valence-electron chi connectivity index (χ2n) is 4.30. The molecule has 1 aromatic carbocycles. The molecular formula is C13H19NOS. The molecule has 0 saturated carbocycles. The van der Waals surface area contributed by atoms with Crippen LogP contribution in [0.5, 0.6) is 0 Å². The van der Waals surface area contributed by atoms with E-state index >= 15 is 0 Å². The van der Waals surface area contributed by atoms with Gasteiger partial charge in [0.05, 0.1) is 0 Å². The number of thioether (sulfide) groups is 1. The molecule has 0 radical (unpaired) electrons. The van der Waals surface area contributed by atoms with Gasteiger partial charge in [0.1, 0.15) is 0 Å². The molecule has 1 unspecified atom stereocenters. The van der Waals surface area contributed by atoms with Crippen LogP contribution in [0, 0.1) is 5.92 Å². The van der Waals surface area contributed by atoms with Crippen LogP contribution in [0.4, 0.5) is 0 Å². The van der Waals surface area contributed by atoms with E-state index in [9.17, 15) is 0 Å². The SMILES string of the molecule is OCC1CCN(CCSc2ccccc2)C1. The molecule has 1 fully saturated rings. The molecule has 1 atom stereocenters. The number of aliphatic hydroxyl groups excluding tert-OH is 1. The van der Waals surface area contributed by atoms with Gasteiger partial charge in [-0.2, -0.15) is 0 Å². The maximum Gasteiger partial charge on any atom is 0.0471 e. The van der Waals surface area contributed by atoms with Gasteiger partial charge in [0, 0.05) is 30.3 Å². The monoisotopic (exact) mass is 237 g/mol. The lowest BCUT2D eigenvalue weighted by Crippen LogP contribution is -2.24. The Balaban J connectivity index is 1.65. The third-order valence-corrected chi connectivity index (χ3v) is 4.04. The van der Waals surface area contributed by atoms with Crippen LogP contribution in [0.3, 0.4) is 0 Å². The van der Waals surface area contributed by atoms with Crippen LogP contribution in [0.2, 0.25) is 0 Å². The highest BCUT2D eigenvalue weighted by Crippen LogP contribution is 2.19. The van der Waals surface area contributed by atoms with Gasteiger partial charge in [-0.3, -0.25) is 0 Å². The molecule has 3 heteroatoms. The Hall–Kier alpha value is -0.510. The highest BCUT2D eigenvalue weighted by molar-refractivity contribution is 7.99. The number of aliphatic hydroxyl groups is 1. The van der Waals surface area contributed by atoms with E-state index < -0.39 is 0 Å². The topological polar surface area (TPSA) is 23.5 Å². The minimum Gasteiger partial charge on any atom is -0.396 e. The van der Waals surface area contributed by atoms with Gasteiger partial charge in [-0.25, -0.2) is 0 Å². The first kappa shape index (κ1) is 12.0. The van der Waals surface area contributed by atoms with Gasteiger partial charge < -0.3 is 10.0 Å². The summed E-state index contributed by atoms with van der Waals surface area (Å²) in [5, 5.41) is 9.06. The van der Waals surface area contributed by atoms with E-state index in [0.717, 1.165) is 31.8 Å². The summed E-state index contributed by atoms with van der Waals surface area (Å²) < 4.78 is 0. The molecule has 0 bridgehead atoms. The number of benzene rings is 1. The van der Waals surface area contributed by atoms with Gasteiger partial charge in [-0.15, -0.1) is 11.8 Å². The molecule has 1 aliphatic heterocycles. The van der Waals surface area contributed by atoms with Gasteiger partial charge in [0.15, 0.2) is 0 Å². The molecule has 1 aromatic rings. The Morgan fingerprint density at radius 2 is 2.12 bits per heavy atom. The molecule has 0 aliphatic carbocycles. The lowest BCUT2D eigenvalue weighted by molar-refractivity contribution is 0.224. The van der Waals surface area contributed by atoms with Gasteiger partial charge in [0.2, 0.25) is 0 Å². The van der Waals surface area contributed by atoms with Crippen LogP contribution < -0.4 is 0 Å². The summed E-state index contributed by atoms with van der Waals surface area (Å²) in [6.45, 7) is 3.71. The van der Waals surface area contributed by atoms with Crippen LogP contribution in [0.15, 0.2) is 35.2 Å². The van der Waals surface area contributed by atoms with Crippen LogP contribution in [0.1, 0.15) is 6.42 Å². The van der Waals surface area contributed by atoms with Crippen molar-refractivity contribution in [1.29, 1.82) is 0 Å². The van der Waals surface area contributed by atoms with Crippen LogP contribution in [-0.4, -0.2) is 42.0 Å². The van der Waals surface area contributed by atoms with Crippen LogP contribution >= 0.6 is 11.8 Å². The summed E-state index contributed by atoms with van der Waals surface area (Å²) >= 11 is 1.91. The zero-order valence-electron chi connectivity index (χ0n) is 9.51. The first-order valence-corrected chi connectivity index (χ1v) is 6.88. The summed E-state index contributed by atoms with van der Waals surface area (Å²) in [6, 6.07) is 10.5. The van der Waals surface area contributed by atoms with Crippen molar-refractivity contribution in [3.8, 4) is 0 Å². The summed E-state index contributed by atoms with van der Waals surface area (Å²) in [7, 11) is 0. The van der Waals surface area contributed by atoms with Crippen molar-refractivity contribution in [3.63, 3.8) is 0 Å². The fourth-order valence-electron chi connectivity index (χ4n) is 2.07. The van der Waals surface area contributed by atoms with Crippen molar-refractivity contribution < 1.29 is 5.11 Å². The Morgan fingerprint density at radius 1 is 1.31 bits per heavy atom. The third-order valence-electron chi connectivity index (χ3n) is 3.05. The molecule has 1 N–H and O–H groups in total. The Bertz CT molecular complexity index is 304. The average molecular weight is 237 g/mol. The van der Waals surface area contributed by atoms with Gasteiger partial charge in [-0.05, 0) is 31.0 Å². The van der Waals surface area contributed by atoms with Gasteiger partial charge in [0.25, 0.3) is 0 Å². The molecule has 0 spiro atoms. The van der Waals surface area contributed by atoms with Crippen molar-refractivity contribution in [2.75, 3.05) is 32.0 Å². The zero-order valence-corrected chi connectivity index (χ0v) is 10.3. The van der Waals surface area contributed by atoms with Crippen molar-refractivity contribution in [2.24, 2.45) is 5.92 Å². The Morgan fingerprint density at radius 3 is 2.81 bits per heavy atom. The molecule has 88 valence electrons. The van der Waals surface area contributed by atoms with Crippen molar-refractivity contribution >= 4 is 11.8 Å². The second kappa shape index (κ2) is 6.28. The molecule has 1 saturated heterocycles. The van der Waals surface area contributed by atoms with Crippen LogP contribution in [0.25, 0.3) is 0 Å². The minimum atomic E-state index is 0.350. The predicted octanol–water partition coefficient (Wildman–Crippen LogP) is 2.09. The van der Waals surface area contributed by atoms with Gasteiger partial charge in [-0.1, -0.05) is 18.2 Å². The van der Waals surface area contributed by atoms with E-state index in [2.05, 4.69) is 35.2 Å². The molecular weight excluding hydrogens is 218 g/mol. The standard InChI is InChI=1S/C13H19NOS/c15-11-12-6-7-14(10-12)8-9-16-13-4-2-1-3-5-13/h1-5,12,15H,6-11H2. The number of hydrogen-bond donors (Lipinski definition) is 1. The lowest BCUT2D eigenvalue weighted by Gasteiger charge is -2.14. The van der Waals surface area contributed by atoms with Crippen molar-refractivity contribution in [3.05, 3.63) is 30.3 Å². The minimum absolute atomic E-state index is 0.350. The number of rotatable bonds is 5. The van der Waals surface area contributed by atoms with Crippen molar-refractivity contribution in [1.82, 2.24) is 4.90 Å². The smallest absolute Gasteiger partial charge is 0.0471 e. The number of likely N-dealkylation sites (tertiary alicyclic amines) is 1. The van der Waals surface area contributed by atoms with Gasteiger partial charge >= 0.3 is 0 Å². The fraction of sp³-hybridized carbons (Fsp3) is 0.538. The zero-order chi connectivity index (χ0) is 11.2. The number of hydrogen-bond acceptors (Lipinski definition) is 3. The quantitative estimate of drug-likeness (QED) is 0.793. The molecule has 1 heterocycles. The molecule has 2 nitrogen and oxygen atoms in total. The third kappa shape index (κ3) is 3.51. The summed E-state index contributed by atoms with van der Waals surface area (Å²) in [4.78, 5) is 3.80. The summed E-state index contributed by atoms with van der Waals surface area (Å²) in [5.41, 5.74) is 0. The fourth-order valence-corrected chi connectivity index (χ4v) is 3.01. The van der Waals surface area contributed by atoms with E-state index in [-0.39, 0.29) is 0 Å². The van der Waals surface area contributed by atoms with Crippen molar-refractivity contribution in [2.45, 2.75) is 11.3 Å². The molecule has 1 aliphatic rings. The number of nitrogens with zero attached hydrogens (tertiary/aromatic N) is 1. The van der Waals surface area contributed by atoms with E-state index in [1.807, 2.05) is 11.8 Å². The molecule has 0 aromatic heterocycles. The maximum absolute atomic E-state index is 9.06. The summed E-state index contributed by atoms with van der Waals surface area (Å²) in [6.07, 6.45) is 1.16. The van der Waals surface area contributed by atoms with E-state index in [1.54, 1.807) is 0 Å². The second-order valence-corrected chi connectivity index (χ2v) is 5.47. The Labute approximate surface area is 102 Å². The maximum atomic E-state index is 9.06. The normalized spacial score (nSPS) is 21.4. The first-order chi connectivity index (χ1) is 7.88. The summed E-state index contributed by atoms with van der Waals surface area (Å²) in [5.74, 6) is 1.66. The van der Waals surface area contributed by atoms with E-state index in [1.165, 1.54) is 4.90 Å². The van der Waals surface area contributed by atoms with E-state index in [4.69, 9.17) is 5.11 Å². The van der Waals surface area contributed by atoms with E-state index in [0.29, 0.717) is 12.5 Å². The molecule has 2 rings (SSSR count). The highest BCUT2D eigenvalue weighted by Gasteiger charge is 2.20. The largest absolute Gasteiger partial charge is 0.396 e. The molecule has 0 amide bonds. The Kier molecular flexibility index (Phi) is 4.69. The predicted molar refractivity (Wildman–Crippen MR) is 68.8 cm³/mol. The highest BCUT2D eigenvalue weighted by atomic mass is 32.2. The molecule has 16 heavy (non-hydrogen) atoms.